The van der Waals surface area contributed by atoms with Gasteiger partial charge in [-0.25, -0.2) is 4.39 Å². The van der Waals surface area contributed by atoms with Crippen molar-refractivity contribution < 1.29 is 28.8 Å². The molecular formula is C22H26FNO5. The molecule has 1 fully saturated rings. The van der Waals surface area contributed by atoms with E-state index in [0.717, 1.165) is 11.3 Å². The van der Waals surface area contributed by atoms with Gasteiger partial charge in [-0.15, -0.1) is 0 Å². The summed E-state index contributed by atoms with van der Waals surface area (Å²) in [6, 6.07) is 12.2. The first kappa shape index (κ1) is 21.1. The van der Waals surface area contributed by atoms with Gasteiger partial charge >= 0.3 is 0 Å². The molecule has 1 saturated heterocycles. The second-order valence-electron chi connectivity index (χ2n) is 6.86. The Kier molecular flexibility index (Phi) is 7.46. The summed E-state index contributed by atoms with van der Waals surface area (Å²) in [5, 5.41) is 22.3. The van der Waals surface area contributed by atoms with E-state index in [1.54, 1.807) is 18.3 Å². The molecule has 3 atom stereocenters. The van der Waals surface area contributed by atoms with Crippen LogP contribution in [0.15, 0.2) is 54.7 Å². The van der Waals surface area contributed by atoms with E-state index in [9.17, 15) is 14.6 Å². The largest absolute Gasteiger partial charge is 0.494 e. The van der Waals surface area contributed by atoms with Crippen molar-refractivity contribution in [2.24, 2.45) is 0 Å². The number of rotatable bonds is 8. The molecule has 0 radical (unpaired) electrons. The normalized spacial score (nSPS) is 21.9. The van der Waals surface area contributed by atoms with Crippen molar-refractivity contribution in [1.82, 2.24) is 0 Å². The molecule has 6 nitrogen and oxygen atoms in total. The molecule has 29 heavy (non-hydrogen) atoms. The first-order valence-electron chi connectivity index (χ1n) is 9.52. The summed E-state index contributed by atoms with van der Waals surface area (Å²) in [7, 11) is 1.44. The fraction of sp³-hybridized carbons (Fsp3) is 0.364. The Labute approximate surface area is 169 Å². The third-order valence-corrected chi connectivity index (χ3v) is 4.59. The number of allylic oxidation sites excluding steroid dienone is 1. The topological polar surface area (TPSA) is 80.2 Å². The van der Waals surface area contributed by atoms with Crippen molar-refractivity contribution in [3.8, 4) is 11.5 Å². The number of halogens is 1. The Morgan fingerprint density at radius 3 is 2.86 bits per heavy atom. The number of hydrogen-bond donors (Lipinski definition) is 3. The van der Waals surface area contributed by atoms with Crippen LogP contribution >= 0.6 is 0 Å². The van der Waals surface area contributed by atoms with E-state index in [2.05, 4.69) is 5.32 Å². The van der Waals surface area contributed by atoms with Gasteiger partial charge in [-0.3, -0.25) is 0 Å². The predicted molar refractivity (Wildman–Crippen MR) is 107 cm³/mol. The van der Waals surface area contributed by atoms with E-state index in [1.807, 2.05) is 30.3 Å². The maximum atomic E-state index is 13.7. The third kappa shape index (κ3) is 6.19. The van der Waals surface area contributed by atoms with Crippen molar-refractivity contribution in [2.45, 2.75) is 37.8 Å². The number of aliphatic hydroxyl groups is 2. The van der Waals surface area contributed by atoms with Crippen LogP contribution in [0.5, 0.6) is 11.5 Å². The Morgan fingerprint density at radius 1 is 1.24 bits per heavy atom. The second kappa shape index (κ2) is 10.2. The van der Waals surface area contributed by atoms with Crippen LogP contribution in [0.1, 0.15) is 18.4 Å². The van der Waals surface area contributed by atoms with Crippen LogP contribution in [0.25, 0.3) is 0 Å². The summed E-state index contributed by atoms with van der Waals surface area (Å²) in [5.74, 6) is 0.443. The van der Waals surface area contributed by atoms with Crippen molar-refractivity contribution in [3.05, 3.63) is 66.1 Å². The Morgan fingerprint density at radius 2 is 2.10 bits per heavy atom. The zero-order chi connectivity index (χ0) is 20.6. The number of anilines is 1. The number of nitrogens with one attached hydrogen (secondary N) is 1. The molecule has 2 aromatic rings. The fourth-order valence-corrected chi connectivity index (χ4v) is 3.14. The number of methoxy groups -OCH3 is 1. The van der Waals surface area contributed by atoms with E-state index in [4.69, 9.17) is 14.2 Å². The van der Waals surface area contributed by atoms with Gasteiger partial charge in [0.25, 0.3) is 0 Å². The Balaban J connectivity index is 1.53. The maximum Gasteiger partial charge on any atom is 0.202 e. The minimum absolute atomic E-state index is 0.151. The van der Waals surface area contributed by atoms with Crippen LogP contribution in [0.3, 0.4) is 0 Å². The molecule has 3 unspecified atom stereocenters. The standard InChI is InChI=1S/C22H26FNO5/c1-27-21-8-7-15(10-20(21)23)4-3-9-24-16-5-2-6-18(11-16)28-22-13-17(26)12-19(14-25)29-22/h2-3,5-11,17,19,22,24-26H,4,12-14H2,1H3/b9-3+. The zero-order valence-corrected chi connectivity index (χ0v) is 16.3. The summed E-state index contributed by atoms with van der Waals surface area (Å²) in [6.07, 6.45) is 3.42. The average molecular weight is 403 g/mol. The minimum Gasteiger partial charge on any atom is -0.494 e. The molecule has 1 aliphatic rings. The Hall–Kier alpha value is -2.61. The monoisotopic (exact) mass is 403 g/mol. The average Bonchev–Trinajstić information content (AvgIpc) is 2.71. The summed E-state index contributed by atoms with van der Waals surface area (Å²) in [4.78, 5) is 0. The quantitative estimate of drug-likeness (QED) is 0.628. The first-order chi connectivity index (χ1) is 14.1. The third-order valence-electron chi connectivity index (χ3n) is 4.59. The van der Waals surface area contributed by atoms with Gasteiger partial charge in [-0.1, -0.05) is 18.2 Å². The smallest absolute Gasteiger partial charge is 0.202 e. The summed E-state index contributed by atoms with van der Waals surface area (Å²) in [6.45, 7) is -0.151. The highest BCUT2D eigenvalue weighted by Gasteiger charge is 2.29. The van der Waals surface area contributed by atoms with Gasteiger partial charge in [-0.05, 0) is 42.4 Å². The van der Waals surface area contributed by atoms with E-state index < -0.39 is 18.5 Å². The van der Waals surface area contributed by atoms with Crippen LogP contribution in [-0.2, 0) is 11.2 Å². The molecule has 2 aromatic carbocycles. The predicted octanol–water partition coefficient (Wildman–Crippen LogP) is 3.24. The molecule has 0 aliphatic carbocycles. The van der Waals surface area contributed by atoms with Crippen LogP contribution in [0, 0.1) is 5.82 Å². The minimum atomic E-state index is -0.605. The number of aliphatic hydroxyl groups excluding tert-OH is 2. The van der Waals surface area contributed by atoms with E-state index in [0.29, 0.717) is 25.0 Å². The van der Waals surface area contributed by atoms with Gasteiger partial charge in [0.2, 0.25) is 6.29 Å². The number of benzene rings is 2. The van der Waals surface area contributed by atoms with Crippen LogP contribution < -0.4 is 14.8 Å². The van der Waals surface area contributed by atoms with Crippen LogP contribution in [-0.4, -0.2) is 42.4 Å². The molecule has 0 aromatic heterocycles. The second-order valence-corrected chi connectivity index (χ2v) is 6.86. The number of ether oxygens (including phenoxy) is 3. The zero-order valence-electron chi connectivity index (χ0n) is 16.3. The lowest BCUT2D eigenvalue weighted by Crippen LogP contribution is -2.40. The molecule has 1 aliphatic heterocycles. The summed E-state index contributed by atoms with van der Waals surface area (Å²) < 4.78 is 30.0. The highest BCUT2D eigenvalue weighted by atomic mass is 19.1. The van der Waals surface area contributed by atoms with Crippen molar-refractivity contribution in [3.63, 3.8) is 0 Å². The van der Waals surface area contributed by atoms with Gasteiger partial charge in [-0.2, -0.15) is 0 Å². The highest BCUT2D eigenvalue weighted by molar-refractivity contribution is 5.50. The Bertz CT molecular complexity index is 829. The van der Waals surface area contributed by atoms with Crippen molar-refractivity contribution in [2.75, 3.05) is 19.0 Å². The van der Waals surface area contributed by atoms with E-state index in [-0.39, 0.29) is 18.2 Å². The van der Waals surface area contributed by atoms with Crippen LogP contribution in [0.4, 0.5) is 10.1 Å². The lowest BCUT2D eigenvalue weighted by Gasteiger charge is -2.32. The molecule has 7 heteroatoms. The van der Waals surface area contributed by atoms with E-state index >= 15 is 0 Å². The van der Waals surface area contributed by atoms with E-state index in [1.165, 1.54) is 13.2 Å². The highest BCUT2D eigenvalue weighted by Crippen LogP contribution is 2.25. The number of hydrogen-bond acceptors (Lipinski definition) is 6. The van der Waals surface area contributed by atoms with Gasteiger partial charge < -0.3 is 29.7 Å². The molecule has 0 amide bonds. The van der Waals surface area contributed by atoms with Crippen LogP contribution in [0.2, 0.25) is 0 Å². The summed E-state index contributed by atoms with van der Waals surface area (Å²) >= 11 is 0. The molecule has 3 rings (SSSR count). The molecule has 0 spiro atoms. The van der Waals surface area contributed by atoms with Gasteiger partial charge in [0.15, 0.2) is 11.6 Å². The molecule has 156 valence electrons. The van der Waals surface area contributed by atoms with Crippen molar-refractivity contribution in [1.29, 1.82) is 0 Å². The fourth-order valence-electron chi connectivity index (χ4n) is 3.14. The molecule has 1 heterocycles. The molecule has 3 N–H and O–H groups in total. The molecule has 0 saturated carbocycles. The summed E-state index contributed by atoms with van der Waals surface area (Å²) in [5.41, 5.74) is 1.65. The first-order valence-corrected chi connectivity index (χ1v) is 9.52. The van der Waals surface area contributed by atoms with Crippen molar-refractivity contribution >= 4 is 5.69 Å². The van der Waals surface area contributed by atoms with Gasteiger partial charge in [0, 0.05) is 24.6 Å². The SMILES string of the molecule is COc1ccc(C/C=C/Nc2cccc(OC3CC(O)CC(CO)O3)c2)cc1F. The maximum absolute atomic E-state index is 13.7. The lowest BCUT2D eigenvalue weighted by molar-refractivity contribution is -0.184. The molecular weight excluding hydrogens is 377 g/mol. The van der Waals surface area contributed by atoms with Gasteiger partial charge in [0.05, 0.1) is 25.9 Å². The lowest BCUT2D eigenvalue weighted by atomic mass is 10.1. The molecule has 0 bridgehead atoms. The van der Waals surface area contributed by atoms with Gasteiger partial charge in [0.1, 0.15) is 5.75 Å².